The van der Waals surface area contributed by atoms with E-state index in [1.807, 2.05) is 0 Å². The Labute approximate surface area is 124 Å². The third-order valence-electron chi connectivity index (χ3n) is 2.59. The van der Waals surface area contributed by atoms with Crippen molar-refractivity contribution in [3.8, 4) is 0 Å². The first kappa shape index (κ1) is 20.1. The van der Waals surface area contributed by atoms with E-state index in [9.17, 15) is 14.2 Å². The van der Waals surface area contributed by atoms with E-state index in [0.29, 0.717) is 0 Å². The van der Waals surface area contributed by atoms with Gasteiger partial charge in [0.25, 0.3) is 6.47 Å². The van der Waals surface area contributed by atoms with Crippen molar-refractivity contribution in [3.63, 3.8) is 0 Å². The minimum Gasteiger partial charge on any atom is -0.462 e. The largest absolute Gasteiger partial charge is 0.469 e. The molecule has 0 unspecified atom stereocenters. The van der Waals surface area contributed by atoms with Crippen LogP contribution in [0, 0.1) is 0 Å². The number of carbonyl (C=O) groups excluding carboxylic acids is 2. The lowest BCUT2D eigenvalue weighted by Crippen LogP contribution is -2.26. The Morgan fingerprint density at radius 3 is 2.43 bits per heavy atom. The monoisotopic (exact) mass is 326 g/mol. The van der Waals surface area contributed by atoms with Gasteiger partial charge in [-0.25, -0.2) is 4.57 Å². The van der Waals surface area contributed by atoms with Crippen molar-refractivity contribution in [3.05, 3.63) is 0 Å². The molecule has 0 radical (unpaired) electrons. The van der Waals surface area contributed by atoms with Crippen molar-refractivity contribution >= 4 is 20.3 Å². The smallest absolute Gasteiger partial charge is 0.462 e. The second kappa shape index (κ2) is 11.7. The summed E-state index contributed by atoms with van der Waals surface area (Å²) in [6.07, 6.45) is 4.20. The number of rotatable bonds is 13. The standard InChI is InChI=1S/C12H23O8P/c1-2-3-4-5-6-7-12(14)18-8-11(19-10-13)9-20-21(15,16)17/h10-11H,2-9H2,1H3,(H2,15,16,17)/t11-/m0/s1. The average Bonchev–Trinajstić information content (AvgIpc) is 2.40. The summed E-state index contributed by atoms with van der Waals surface area (Å²) < 4.78 is 24.1. The van der Waals surface area contributed by atoms with Crippen LogP contribution in [0.1, 0.15) is 45.4 Å². The lowest BCUT2D eigenvalue weighted by Gasteiger charge is -2.15. The van der Waals surface area contributed by atoms with Gasteiger partial charge in [0.1, 0.15) is 6.61 Å². The van der Waals surface area contributed by atoms with Gasteiger partial charge in [-0.15, -0.1) is 0 Å². The van der Waals surface area contributed by atoms with Crippen LogP contribution < -0.4 is 0 Å². The molecule has 0 saturated heterocycles. The molecular formula is C12H23O8P. The topological polar surface area (TPSA) is 119 Å². The third-order valence-corrected chi connectivity index (χ3v) is 3.08. The molecule has 0 aliphatic rings. The Morgan fingerprint density at radius 2 is 1.86 bits per heavy atom. The predicted molar refractivity (Wildman–Crippen MR) is 73.3 cm³/mol. The molecule has 0 bridgehead atoms. The van der Waals surface area contributed by atoms with Gasteiger partial charge in [0, 0.05) is 6.42 Å². The Balaban J connectivity index is 3.87. The number of hydrogen-bond donors (Lipinski definition) is 2. The summed E-state index contributed by atoms with van der Waals surface area (Å²) in [5.41, 5.74) is 0. The van der Waals surface area contributed by atoms with E-state index in [1.54, 1.807) is 0 Å². The number of ether oxygens (including phenoxy) is 2. The fraction of sp³-hybridized carbons (Fsp3) is 0.833. The van der Waals surface area contributed by atoms with E-state index in [0.717, 1.165) is 32.1 Å². The van der Waals surface area contributed by atoms with Crippen LogP contribution in [0.15, 0.2) is 0 Å². The highest BCUT2D eigenvalue weighted by molar-refractivity contribution is 7.46. The van der Waals surface area contributed by atoms with Crippen molar-refractivity contribution in [1.82, 2.24) is 0 Å². The van der Waals surface area contributed by atoms with Gasteiger partial charge in [-0.3, -0.25) is 14.1 Å². The molecule has 0 aromatic carbocycles. The summed E-state index contributed by atoms with van der Waals surface area (Å²) in [4.78, 5) is 38.7. The summed E-state index contributed by atoms with van der Waals surface area (Å²) in [5, 5.41) is 0. The van der Waals surface area contributed by atoms with E-state index in [-0.39, 0.29) is 19.5 Å². The summed E-state index contributed by atoms with van der Waals surface area (Å²) >= 11 is 0. The third kappa shape index (κ3) is 13.8. The zero-order chi connectivity index (χ0) is 16.1. The highest BCUT2D eigenvalue weighted by Crippen LogP contribution is 2.35. The van der Waals surface area contributed by atoms with Crippen LogP contribution in [-0.2, 0) is 28.2 Å². The molecule has 0 spiro atoms. The molecule has 1 atom stereocenters. The maximum absolute atomic E-state index is 11.4. The molecule has 0 rings (SSSR count). The first-order valence-corrected chi connectivity index (χ1v) is 8.37. The molecule has 21 heavy (non-hydrogen) atoms. The minimum absolute atomic E-state index is 0.103. The van der Waals surface area contributed by atoms with Gasteiger partial charge in [-0.1, -0.05) is 32.6 Å². The fourth-order valence-electron chi connectivity index (χ4n) is 1.52. The first-order valence-electron chi connectivity index (χ1n) is 6.84. The Hall–Kier alpha value is -0.950. The molecule has 8 nitrogen and oxygen atoms in total. The van der Waals surface area contributed by atoms with Crippen LogP contribution in [-0.4, -0.2) is 41.5 Å². The van der Waals surface area contributed by atoms with Gasteiger partial charge < -0.3 is 19.3 Å². The summed E-state index contributed by atoms with van der Waals surface area (Å²) in [6.45, 7) is 1.35. The van der Waals surface area contributed by atoms with Gasteiger partial charge in [0.2, 0.25) is 0 Å². The van der Waals surface area contributed by atoms with Gasteiger partial charge in [-0.05, 0) is 6.42 Å². The maximum Gasteiger partial charge on any atom is 0.469 e. The molecule has 0 fully saturated rings. The van der Waals surface area contributed by atoms with E-state index < -0.39 is 26.5 Å². The highest BCUT2D eigenvalue weighted by atomic mass is 31.2. The molecule has 0 aromatic rings. The maximum atomic E-state index is 11.4. The SMILES string of the molecule is CCCCCCCC(=O)OC[C@@H](COP(=O)(O)O)OC=O. The summed E-state index contributed by atoms with van der Waals surface area (Å²) in [7, 11) is -4.66. The Kier molecular flexibility index (Phi) is 11.2. The van der Waals surface area contributed by atoms with Crippen molar-refractivity contribution in [2.75, 3.05) is 13.2 Å². The zero-order valence-electron chi connectivity index (χ0n) is 12.1. The quantitative estimate of drug-likeness (QED) is 0.226. The van der Waals surface area contributed by atoms with Crippen LogP contribution in [0.3, 0.4) is 0 Å². The first-order chi connectivity index (χ1) is 9.89. The number of phosphoric acid groups is 1. The van der Waals surface area contributed by atoms with Crippen LogP contribution in [0.2, 0.25) is 0 Å². The minimum atomic E-state index is -4.66. The number of esters is 1. The lowest BCUT2D eigenvalue weighted by atomic mass is 10.1. The molecular weight excluding hydrogens is 303 g/mol. The second-order valence-electron chi connectivity index (χ2n) is 4.49. The van der Waals surface area contributed by atoms with Crippen molar-refractivity contribution < 1.29 is 37.9 Å². The zero-order valence-corrected chi connectivity index (χ0v) is 13.0. The van der Waals surface area contributed by atoms with Gasteiger partial charge in [-0.2, -0.15) is 0 Å². The normalized spacial score (nSPS) is 12.7. The molecule has 9 heteroatoms. The predicted octanol–water partition coefficient (Wildman–Crippen LogP) is 1.54. The van der Waals surface area contributed by atoms with Crippen LogP contribution in [0.4, 0.5) is 0 Å². The van der Waals surface area contributed by atoms with Crippen LogP contribution in [0.5, 0.6) is 0 Å². The molecule has 0 aliphatic carbocycles. The number of carbonyl (C=O) groups is 2. The average molecular weight is 326 g/mol. The molecule has 0 heterocycles. The Bertz CT molecular complexity index is 340. The van der Waals surface area contributed by atoms with Gasteiger partial charge >= 0.3 is 13.8 Å². The summed E-state index contributed by atoms with van der Waals surface area (Å²) in [5.74, 6) is -0.442. The molecule has 0 saturated carbocycles. The van der Waals surface area contributed by atoms with E-state index in [2.05, 4.69) is 16.2 Å². The molecule has 0 aliphatic heterocycles. The van der Waals surface area contributed by atoms with E-state index in [1.165, 1.54) is 0 Å². The summed E-state index contributed by atoms with van der Waals surface area (Å²) in [6, 6.07) is 0. The fourth-order valence-corrected chi connectivity index (χ4v) is 1.88. The van der Waals surface area contributed by atoms with Crippen molar-refractivity contribution in [2.24, 2.45) is 0 Å². The van der Waals surface area contributed by atoms with E-state index >= 15 is 0 Å². The number of hydrogen-bond acceptors (Lipinski definition) is 6. The number of unbranched alkanes of at least 4 members (excludes halogenated alkanes) is 4. The Morgan fingerprint density at radius 1 is 1.19 bits per heavy atom. The van der Waals surface area contributed by atoms with Crippen molar-refractivity contribution in [1.29, 1.82) is 0 Å². The van der Waals surface area contributed by atoms with Crippen molar-refractivity contribution in [2.45, 2.75) is 51.6 Å². The lowest BCUT2D eigenvalue weighted by molar-refractivity contribution is -0.153. The van der Waals surface area contributed by atoms with E-state index in [4.69, 9.17) is 14.5 Å². The second-order valence-corrected chi connectivity index (χ2v) is 5.73. The number of phosphoric ester groups is 1. The highest BCUT2D eigenvalue weighted by Gasteiger charge is 2.20. The van der Waals surface area contributed by atoms with Crippen LogP contribution in [0.25, 0.3) is 0 Å². The molecule has 0 amide bonds. The molecule has 124 valence electrons. The van der Waals surface area contributed by atoms with Crippen LogP contribution >= 0.6 is 7.82 Å². The molecule has 2 N–H and O–H groups in total. The molecule has 0 aromatic heterocycles. The van der Waals surface area contributed by atoms with Gasteiger partial charge in [0.05, 0.1) is 6.61 Å². The van der Waals surface area contributed by atoms with Gasteiger partial charge in [0.15, 0.2) is 6.10 Å².